The molecule has 0 unspecified atom stereocenters. The summed E-state index contributed by atoms with van der Waals surface area (Å²) in [4.78, 5) is 4.08. The normalized spacial score (nSPS) is 11.1. The summed E-state index contributed by atoms with van der Waals surface area (Å²) in [6, 6.07) is 8.81. The molecule has 0 fully saturated rings. The van der Waals surface area contributed by atoms with E-state index in [-0.39, 0.29) is 5.82 Å². The van der Waals surface area contributed by atoms with E-state index >= 15 is 0 Å². The maximum Gasteiger partial charge on any atom is 0.148 e. The molecule has 2 aromatic heterocycles. The molecule has 0 saturated heterocycles. The van der Waals surface area contributed by atoms with Crippen LogP contribution in [0.5, 0.6) is 0 Å². The van der Waals surface area contributed by atoms with Gasteiger partial charge in [0.25, 0.3) is 0 Å². The lowest BCUT2D eigenvalue weighted by atomic mass is 10.2. The average molecular weight is 261 g/mol. The molecule has 0 aliphatic carbocycles. The molecule has 0 atom stereocenters. The lowest BCUT2D eigenvalue weighted by molar-refractivity contribution is 0.632. The highest BCUT2D eigenvalue weighted by molar-refractivity contribution is 6.31. The molecular formula is C14H10ClFN2. The van der Waals surface area contributed by atoms with Crippen molar-refractivity contribution in [3.8, 4) is 11.3 Å². The third-order valence-electron chi connectivity index (χ3n) is 3.00. The fourth-order valence-corrected chi connectivity index (χ4v) is 2.42. The van der Waals surface area contributed by atoms with Gasteiger partial charge in [-0.05, 0) is 30.3 Å². The summed E-state index contributed by atoms with van der Waals surface area (Å²) in [5, 5.41) is 1.20. The second-order valence-electron chi connectivity index (χ2n) is 4.16. The quantitative estimate of drug-likeness (QED) is 0.646. The van der Waals surface area contributed by atoms with E-state index in [1.165, 1.54) is 6.07 Å². The highest BCUT2D eigenvalue weighted by Gasteiger charge is 2.12. The molecule has 90 valence electrons. The van der Waals surface area contributed by atoms with Gasteiger partial charge in [0.15, 0.2) is 0 Å². The number of halogens is 2. The van der Waals surface area contributed by atoms with Crippen LogP contribution < -0.4 is 0 Å². The minimum absolute atomic E-state index is 0.310. The fourth-order valence-electron chi connectivity index (χ4n) is 2.21. The van der Waals surface area contributed by atoms with Crippen molar-refractivity contribution < 1.29 is 4.39 Å². The minimum atomic E-state index is -0.310. The number of hydrogen-bond donors (Lipinski definition) is 0. The van der Waals surface area contributed by atoms with Gasteiger partial charge in [-0.3, -0.25) is 4.98 Å². The molecule has 2 heterocycles. The van der Waals surface area contributed by atoms with Crippen LogP contribution in [0.25, 0.3) is 22.2 Å². The molecule has 3 rings (SSSR count). The van der Waals surface area contributed by atoms with Gasteiger partial charge in [0.05, 0.1) is 11.2 Å². The molecule has 2 nitrogen and oxygen atoms in total. The van der Waals surface area contributed by atoms with Crippen molar-refractivity contribution in [2.75, 3.05) is 0 Å². The molecule has 18 heavy (non-hydrogen) atoms. The number of benzene rings is 1. The Labute approximate surface area is 109 Å². The predicted molar refractivity (Wildman–Crippen MR) is 71.1 cm³/mol. The summed E-state index contributed by atoms with van der Waals surface area (Å²) in [5.41, 5.74) is 2.42. The average Bonchev–Trinajstić information content (AvgIpc) is 2.67. The first-order chi connectivity index (χ1) is 8.66. The number of nitrogens with zero attached hydrogens (tertiary/aromatic N) is 2. The van der Waals surface area contributed by atoms with Gasteiger partial charge in [0.1, 0.15) is 5.82 Å². The third-order valence-corrected chi connectivity index (χ3v) is 3.22. The molecule has 0 amide bonds. The lowest BCUT2D eigenvalue weighted by Gasteiger charge is -2.04. The van der Waals surface area contributed by atoms with E-state index in [0.717, 1.165) is 16.6 Å². The number of aryl methyl sites for hydroxylation is 1. The molecule has 0 saturated carbocycles. The highest BCUT2D eigenvalue weighted by Crippen LogP contribution is 2.30. The molecule has 1 aromatic carbocycles. The van der Waals surface area contributed by atoms with Crippen molar-refractivity contribution in [3.05, 3.63) is 53.6 Å². The first-order valence-electron chi connectivity index (χ1n) is 5.51. The van der Waals surface area contributed by atoms with E-state index in [0.29, 0.717) is 10.5 Å². The first-order valence-corrected chi connectivity index (χ1v) is 5.89. The maximum absolute atomic E-state index is 13.9. The summed E-state index contributed by atoms with van der Waals surface area (Å²) >= 11 is 5.87. The van der Waals surface area contributed by atoms with Crippen molar-refractivity contribution in [2.45, 2.75) is 0 Å². The second kappa shape index (κ2) is 4.10. The second-order valence-corrected chi connectivity index (χ2v) is 4.59. The van der Waals surface area contributed by atoms with E-state index in [1.807, 2.05) is 29.8 Å². The van der Waals surface area contributed by atoms with E-state index in [4.69, 9.17) is 11.6 Å². The van der Waals surface area contributed by atoms with Crippen LogP contribution in [-0.2, 0) is 7.05 Å². The zero-order valence-electron chi connectivity index (χ0n) is 9.69. The lowest BCUT2D eigenvalue weighted by Crippen LogP contribution is -1.93. The highest BCUT2D eigenvalue weighted by atomic mass is 35.5. The van der Waals surface area contributed by atoms with Gasteiger partial charge < -0.3 is 4.57 Å². The van der Waals surface area contributed by atoms with E-state index < -0.39 is 0 Å². The van der Waals surface area contributed by atoms with Gasteiger partial charge in [-0.1, -0.05) is 11.6 Å². The summed E-state index contributed by atoms with van der Waals surface area (Å²) in [5.74, 6) is -0.310. The Kier molecular flexibility index (Phi) is 2.56. The maximum atomic E-state index is 13.9. The molecule has 0 radical (unpaired) electrons. The van der Waals surface area contributed by atoms with Crippen LogP contribution in [0.2, 0.25) is 5.02 Å². The van der Waals surface area contributed by atoms with Crippen LogP contribution in [-0.4, -0.2) is 9.55 Å². The van der Waals surface area contributed by atoms with Crippen LogP contribution in [0.4, 0.5) is 4.39 Å². The van der Waals surface area contributed by atoms with Gasteiger partial charge in [0, 0.05) is 35.4 Å². The third kappa shape index (κ3) is 1.68. The van der Waals surface area contributed by atoms with E-state index in [2.05, 4.69) is 4.98 Å². The minimum Gasteiger partial charge on any atom is -0.341 e. The topological polar surface area (TPSA) is 17.8 Å². The van der Waals surface area contributed by atoms with Crippen LogP contribution in [0.1, 0.15) is 0 Å². The van der Waals surface area contributed by atoms with Crippen LogP contribution >= 0.6 is 11.6 Å². The van der Waals surface area contributed by atoms with Gasteiger partial charge >= 0.3 is 0 Å². The Bertz CT molecular complexity index is 719. The first kappa shape index (κ1) is 11.2. The number of rotatable bonds is 1. The van der Waals surface area contributed by atoms with Crippen molar-refractivity contribution in [1.29, 1.82) is 0 Å². The SMILES string of the molecule is Cn1c(-c2cccnc2)cc2cc(Cl)cc(F)c21. The number of aromatic nitrogens is 2. The Hall–Kier alpha value is -1.87. The Morgan fingerprint density at radius 2 is 2.11 bits per heavy atom. The Balaban J connectivity index is 2.33. The van der Waals surface area contributed by atoms with Crippen molar-refractivity contribution in [3.63, 3.8) is 0 Å². The molecule has 0 aliphatic rings. The Morgan fingerprint density at radius 1 is 1.28 bits per heavy atom. The van der Waals surface area contributed by atoms with Gasteiger partial charge in [-0.2, -0.15) is 0 Å². The number of pyridine rings is 1. The molecule has 0 bridgehead atoms. The van der Waals surface area contributed by atoms with Crippen LogP contribution in [0.15, 0.2) is 42.7 Å². The summed E-state index contributed by atoms with van der Waals surface area (Å²) in [6.07, 6.45) is 3.47. The monoisotopic (exact) mass is 260 g/mol. The fraction of sp³-hybridized carbons (Fsp3) is 0.0714. The van der Waals surface area contributed by atoms with Crippen molar-refractivity contribution >= 4 is 22.5 Å². The molecule has 0 N–H and O–H groups in total. The molecular weight excluding hydrogens is 251 g/mol. The molecule has 0 spiro atoms. The van der Waals surface area contributed by atoms with Gasteiger partial charge in [0.2, 0.25) is 0 Å². The Morgan fingerprint density at radius 3 is 2.83 bits per heavy atom. The zero-order valence-corrected chi connectivity index (χ0v) is 10.4. The summed E-state index contributed by atoms with van der Waals surface area (Å²) in [7, 11) is 1.83. The molecule has 4 heteroatoms. The number of fused-ring (bicyclic) bond motifs is 1. The van der Waals surface area contributed by atoms with Crippen LogP contribution in [0.3, 0.4) is 0 Å². The van der Waals surface area contributed by atoms with Crippen molar-refractivity contribution in [2.24, 2.45) is 7.05 Å². The zero-order chi connectivity index (χ0) is 12.7. The largest absolute Gasteiger partial charge is 0.341 e. The smallest absolute Gasteiger partial charge is 0.148 e. The van der Waals surface area contributed by atoms with Gasteiger partial charge in [-0.15, -0.1) is 0 Å². The predicted octanol–water partition coefficient (Wildman–Crippen LogP) is 4.03. The van der Waals surface area contributed by atoms with E-state index in [9.17, 15) is 4.39 Å². The summed E-state index contributed by atoms with van der Waals surface area (Å²) < 4.78 is 15.7. The molecule has 0 aliphatic heterocycles. The van der Waals surface area contributed by atoms with Crippen LogP contribution in [0, 0.1) is 5.82 Å². The van der Waals surface area contributed by atoms with Gasteiger partial charge in [-0.25, -0.2) is 4.39 Å². The van der Waals surface area contributed by atoms with Crippen molar-refractivity contribution in [1.82, 2.24) is 9.55 Å². The molecule has 3 aromatic rings. The van der Waals surface area contributed by atoms with E-state index in [1.54, 1.807) is 18.5 Å². The summed E-state index contributed by atoms with van der Waals surface area (Å²) in [6.45, 7) is 0. The standard InChI is InChI=1S/C14H10ClFN2/c1-18-13(9-3-2-4-17-8-9)6-10-5-11(15)7-12(16)14(10)18/h2-8H,1H3. The number of hydrogen-bond acceptors (Lipinski definition) is 1.